The van der Waals surface area contributed by atoms with Crippen LogP contribution in [0.4, 0.5) is 5.69 Å². The normalized spacial score (nSPS) is 11.9. The molecule has 0 fully saturated rings. The lowest BCUT2D eigenvalue weighted by Crippen LogP contribution is -2.02. The second-order valence-corrected chi connectivity index (χ2v) is 14.9. The summed E-state index contributed by atoms with van der Waals surface area (Å²) >= 11 is 3.83. The molecule has 0 aliphatic rings. The van der Waals surface area contributed by atoms with E-state index in [1.807, 2.05) is 22.7 Å². The Morgan fingerprint density at radius 3 is 1.70 bits per heavy atom. The van der Waals surface area contributed by atoms with Crippen LogP contribution in [0.15, 0.2) is 109 Å². The van der Waals surface area contributed by atoms with Crippen LogP contribution in [0, 0.1) is 6.92 Å². The van der Waals surface area contributed by atoms with Crippen molar-refractivity contribution >= 4 is 79.5 Å². The highest BCUT2D eigenvalue weighted by Gasteiger charge is 2.13. The second kappa shape index (κ2) is 12.5. The first-order valence-electron chi connectivity index (χ1n) is 16.8. The molecule has 0 aliphatic carbocycles. The molecular weight excluding hydrogens is 595 g/mol. The molecule has 2 aromatic heterocycles. The Morgan fingerprint density at radius 2 is 1.04 bits per heavy atom. The van der Waals surface area contributed by atoms with Gasteiger partial charge in [-0.1, -0.05) is 106 Å². The summed E-state index contributed by atoms with van der Waals surface area (Å²) in [4.78, 5) is 0. The van der Waals surface area contributed by atoms with Gasteiger partial charge < -0.3 is 5.32 Å². The zero-order chi connectivity index (χ0) is 31.0. The largest absolute Gasteiger partial charge is 0.385 e. The zero-order valence-electron chi connectivity index (χ0n) is 26.7. The summed E-state index contributed by atoms with van der Waals surface area (Å²) in [5.74, 6) is 0. The molecule has 0 amide bonds. The van der Waals surface area contributed by atoms with E-state index in [2.05, 4.69) is 128 Å². The van der Waals surface area contributed by atoms with Crippen LogP contribution in [-0.2, 0) is 0 Å². The average Bonchev–Trinajstić information content (AvgIpc) is 3.62. The molecule has 0 unspecified atom stereocenters. The van der Waals surface area contributed by atoms with Gasteiger partial charge in [0, 0.05) is 58.1 Å². The van der Waals surface area contributed by atoms with Gasteiger partial charge >= 0.3 is 0 Å². The van der Waals surface area contributed by atoms with Gasteiger partial charge in [-0.2, -0.15) is 0 Å². The fourth-order valence-corrected chi connectivity index (χ4v) is 9.39. The molecule has 0 atom stereocenters. The fraction of sp³-hybridized carbons (Fsp3) is 0.209. The van der Waals surface area contributed by atoms with Crippen molar-refractivity contribution < 1.29 is 0 Å². The molecule has 6 aromatic carbocycles. The van der Waals surface area contributed by atoms with Crippen molar-refractivity contribution in [3.05, 3.63) is 115 Å². The first kappa shape index (κ1) is 29.2. The molecule has 0 radical (unpaired) electrons. The van der Waals surface area contributed by atoms with Crippen molar-refractivity contribution in [3.8, 4) is 22.3 Å². The second-order valence-electron chi connectivity index (χ2n) is 12.7. The lowest BCUT2D eigenvalue weighted by atomic mass is 9.98. The molecule has 3 heteroatoms. The van der Waals surface area contributed by atoms with Crippen LogP contribution in [0.2, 0.25) is 0 Å². The Kier molecular flexibility index (Phi) is 7.98. The fourth-order valence-electron chi connectivity index (χ4n) is 7.04. The molecule has 8 rings (SSSR count). The van der Waals surface area contributed by atoms with Crippen molar-refractivity contribution in [2.24, 2.45) is 0 Å². The molecule has 8 aromatic rings. The molecule has 1 nitrogen and oxygen atoms in total. The van der Waals surface area contributed by atoms with Crippen LogP contribution >= 0.6 is 22.7 Å². The third-order valence-corrected chi connectivity index (χ3v) is 11.8. The Balaban J connectivity index is 1.12. The van der Waals surface area contributed by atoms with Crippen LogP contribution in [0.5, 0.6) is 0 Å². The van der Waals surface area contributed by atoms with Gasteiger partial charge in [0.15, 0.2) is 0 Å². The van der Waals surface area contributed by atoms with Crippen LogP contribution in [0.3, 0.4) is 0 Å². The zero-order valence-corrected chi connectivity index (χ0v) is 28.3. The maximum atomic E-state index is 3.74. The van der Waals surface area contributed by atoms with E-state index in [0.29, 0.717) is 0 Å². The molecule has 0 saturated heterocycles. The minimum absolute atomic E-state index is 1.03. The predicted molar refractivity (Wildman–Crippen MR) is 207 cm³/mol. The number of thiophene rings is 2. The van der Waals surface area contributed by atoms with E-state index < -0.39 is 0 Å². The summed E-state index contributed by atoms with van der Waals surface area (Å²) in [5, 5.41) is 11.8. The van der Waals surface area contributed by atoms with Crippen molar-refractivity contribution in [1.82, 2.24) is 0 Å². The number of fused-ring (bicyclic) bond motifs is 7. The SMILES string of the molecule is CCCCCCCCNc1ccccc1-c1ccc2c(c1)sc1cc3cc4c(cc3cc12)sc1cc(-c2ccccc2C)ccc14. The van der Waals surface area contributed by atoms with E-state index in [1.165, 1.54) is 123 Å². The van der Waals surface area contributed by atoms with Gasteiger partial charge in [0.05, 0.1) is 0 Å². The van der Waals surface area contributed by atoms with Gasteiger partial charge in [0.1, 0.15) is 0 Å². The summed E-state index contributed by atoms with van der Waals surface area (Å²) in [6, 6.07) is 41.1. The standard InChI is InChI=1S/C43H39NS2/c1-3-4-5-6-7-12-21-44-39-16-11-10-15-34(39)30-18-20-36-38-23-32-26-42-37(22-31(32)27-43(38)46-41(36)25-30)35-19-17-29(24-40(35)45-42)33-14-9-8-13-28(33)2/h8-11,13-20,22-27,44H,3-7,12,21H2,1-2H3. The molecule has 0 spiro atoms. The number of anilines is 1. The summed E-state index contributed by atoms with van der Waals surface area (Å²) < 4.78 is 5.42. The minimum atomic E-state index is 1.03. The molecule has 2 heterocycles. The molecule has 0 bridgehead atoms. The topological polar surface area (TPSA) is 12.0 Å². The number of nitrogens with one attached hydrogen (secondary N) is 1. The van der Waals surface area contributed by atoms with Crippen LogP contribution in [-0.4, -0.2) is 6.54 Å². The molecule has 46 heavy (non-hydrogen) atoms. The van der Waals surface area contributed by atoms with Gasteiger partial charge in [-0.25, -0.2) is 0 Å². The predicted octanol–water partition coefficient (Wildman–Crippen LogP) is 14.0. The lowest BCUT2D eigenvalue weighted by Gasteiger charge is -2.12. The molecule has 1 N–H and O–H groups in total. The number of unbranched alkanes of at least 4 members (excludes halogenated alkanes) is 5. The summed E-state index contributed by atoms with van der Waals surface area (Å²) in [7, 11) is 0. The Morgan fingerprint density at radius 1 is 0.500 bits per heavy atom. The van der Waals surface area contributed by atoms with E-state index in [0.717, 1.165) is 6.54 Å². The summed E-state index contributed by atoms with van der Waals surface area (Å²) in [6.45, 7) is 5.50. The minimum Gasteiger partial charge on any atom is -0.385 e. The van der Waals surface area contributed by atoms with Gasteiger partial charge in [-0.3, -0.25) is 0 Å². The highest BCUT2D eigenvalue weighted by Crippen LogP contribution is 2.43. The van der Waals surface area contributed by atoms with Gasteiger partial charge in [0.25, 0.3) is 0 Å². The smallest absolute Gasteiger partial charge is 0.0419 e. The highest BCUT2D eigenvalue weighted by molar-refractivity contribution is 7.26. The van der Waals surface area contributed by atoms with Gasteiger partial charge in [0.2, 0.25) is 0 Å². The number of aryl methyl sites for hydroxylation is 1. The third-order valence-electron chi connectivity index (χ3n) is 9.56. The van der Waals surface area contributed by atoms with E-state index in [-0.39, 0.29) is 0 Å². The number of hydrogen-bond acceptors (Lipinski definition) is 3. The van der Waals surface area contributed by atoms with E-state index in [4.69, 9.17) is 0 Å². The van der Waals surface area contributed by atoms with E-state index in [1.54, 1.807) is 0 Å². The number of benzene rings is 6. The molecule has 228 valence electrons. The van der Waals surface area contributed by atoms with Crippen molar-refractivity contribution in [2.75, 3.05) is 11.9 Å². The summed E-state index contributed by atoms with van der Waals surface area (Å²) in [6.07, 6.45) is 7.90. The maximum Gasteiger partial charge on any atom is 0.0419 e. The Labute approximate surface area is 279 Å². The van der Waals surface area contributed by atoms with Crippen molar-refractivity contribution in [2.45, 2.75) is 52.4 Å². The quantitative estimate of drug-likeness (QED) is 0.148. The van der Waals surface area contributed by atoms with Crippen LogP contribution in [0.1, 0.15) is 51.0 Å². The first-order chi connectivity index (χ1) is 22.7. The number of para-hydroxylation sites is 1. The number of rotatable bonds is 10. The maximum absolute atomic E-state index is 3.74. The van der Waals surface area contributed by atoms with Crippen LogP contribution < -0.4 is 5.32 Å². The Hall–Kier alpha value is -4.18. The number of hydrogen-bond donors (Lipinski definition) is 1. The van der Waals surface area contributed by atoms with Crippen molar-refractivity contribution in [3.63, 3.8) is 0 Å². The third kappa shape index (κ3) is 5.46. The average molecular weight is 634 g/mol. The van der Waals surface area contributed by atoms with Gasteiger partial charge in [-0.15, -0.1) is 22.7 Å². The van der Waals surface area contributed by atoms with E-state index >= 15 is 0 Å². The Bertz CT molecular complexity index is 2360. The summed E-state index contributed by atoms with van der Waals surface area (Å²) in [5.41, 5.74) is 7.74. The van der Waals surface area contributed by atoms with Crippen LogP contribution in [0.25, 0.3) is 73.4 Å². The van der Waals surface area contributed by atoms with Gasteiger partial charge in [-0.05, 0) is 88.8 Å². The highest BCUT2D eigenvalue weighted by atomic mass is 32.1. The van der Waals surface area contributed by atoms with E-state index in [9.17, 15) is 0 Å². The molecule has 0 saturated carbocycles. The molecule has 0 aliphatic heterocycles. The first-order valence-corrected chi connectivity index (χ1v) is 18.5. The molecular formula is C43H39NS2. The monoisotopic (exact) mass is 633 g/mol. The van der Waals surface area contributed by atoms with Crippen molar-refractivity contribution in [1.29, 1.82) is 0 Å². The lowest BCUT2D eigenvalue weighted by molar-refractivity contribution is 0.617.